The van der Waals surface area contributed by atoms with Crippen LogP contribution in [0.5, 0.6) is 0 Å². The Bertz CT molecular complexity index is 506. The number of rotatable bonds is 6. The number of nitrogens with zero attached hydrogens (tertiary/aromatic N) is 4. The maximum Gasteiger partial charge on any atom is 0.411 e. The van der Waals surface area contributed by atoms with Crippen LogP contribution < -0.4 is 0 Å². The Morgan fingerprint density at radius 3 is 2.78 bits per heavy atom. The van der Waals surface area contributed by atoms with Crippen molar-refractivity contribution in [3.63, 3.8) is 0 Å². The minimum atomic E-state index is -4.31. The molecule has 0 amide bonds. The molecule has 132 valence electrons. The van der Waals surface area contributed by atoms with Gasteiger partial charge in [-0.2, -0.15) is 13.2 Å². The Kier molecular flexibility index (Phi) is 5.64. The predicted molar refractivity (Wildman–Crippen MR) is 76.9 cm³/mol. The van der Waals surface area contributed by atoms with Gasteiger partial charge < -0.3 is 9.84 Å². The third kappa shape index (κ3) is 5.15. The van der Waals surface area contributed by atoms with Gasteiger partial charge >= 0.3 is 6.18 Å². The zero-order valence-electron chi connectivity index (χ0n) is 13.4. The van der Waals surface area contributed by atoms with E-state index in [9.17, 15) is 18.3 Å². The van der Waals surface area contributed by atoms with Gasteiger partial charge in [-0.25, -0.2) is 4.68 Å². The van der Waals surface area contributed by atoms with Gasteiger partial charge in [-0.1, -0.05) is 5.21 Å². The van der Waals surface area contributed by atoms with Gasteiger partial charge in [0.1, 0.15) is 17.9 Å². The van der Waals surface area contributed by atoms with Gasteiger partial charge in [-0.3, -0.25) is 4.90 Å². The molecule has 0 radical (unpaired) electrons. The van der Waals surface area contributed by atoms with Crippen LogP contribution in [0.4, 0.5) is 13.2 Å². The number of halogens is 3. The first-order chi connectivity index (χ1) is 10.7. The summed E-state index contributed by atoms with van der Waals surface area (Å²) in [4.78, 5) is 1.90. The summed E-state index contributed by atoms with van der Waals surface area (Å²) in [6.45, 7) is 4.05. The van der Waals surface area contributed by atoms with Crippen LogP contribution in [0.1, 0.15) is 38.4 Å². The fourth-order valence-corrected chi connectivity index (χ4v) is 2.65. The third-order valence-corrected chi connectivity index (χ3v) is 3.88. The minimum absolute atomic E-state index is 0.0196. The lowest BCUT2D eigenvalue weighted by molar-refractivity contribution is -0.175. The van der Waals surface area contributed by atoms with E-state index in [1.54, 1.807) is 10.9 Å². The number of alkyl halides is 3. The van der Waals surface area contributed by atoms with E-state index in [0.29, 0.717) is 25.2 Å². The molecule has 9 heteroatoms. The lowest BCUT2D eigenvalue weighted by Crippen LogP contribution is -2.47. The number of piperidine rings is 1. The Balaban J connectivity index is 1.88. The molecule has 1 aliphatic rings. The average molecular weight is 336 g/mol. The van der Waals surface area contributed by atoms with Gasteiger partial charge in [0.2, 0.25) is 0 Å². The van der Waals surface area contributed by atoms with Crippen LogP contribution >= 0.6 is 0 Å². The highest BCUT2D eigenvalue weighted by molar-refractivity contribution is 5.09. The molecule has 1 saturated heterocycles. The molecule has 1 atom stereocenters. The van der Waals surface area contributed by atoms with Crippen LogP contribution in [0.2, 0.25) is 0 Å². The van der Waals surface area contributed by atoms with E-state index < -0.39 is 18.4 Å². The third-order valence-electron chi connectivity index (χ3n) is 3.88. The molecule has 1 aromatic rings. The second kappa shape index (κ2) is 7.14. The van der Waals surface area contributed by atoms with Crippen LogP contribution in [0.3, 0.4) is 0 Å². The maximum atomic E-state index is 12.0. The van der Waals surface area contributed by atoms with Crippen molar-refractivity contribution in [1.82, 2.24) is 19.9 Å². The van der Waals surface area contributed by atoms with Crippen molar-refractivity contribution in [2.75, 3.05) is 32.8 Å². The van der Waals surface area contributed by atoms with Crippen LogP contribution in [0.15, 0.2) is 6.20 Å². The zero-order chi connectivity index (χ0) is 17.1. The van der Waals surface area contributed by atoms with E-state index in [4.69, 9.17) is 0 Å². The Hall–Kier alpha value is -1.19. The number of β-amino-alcohol motifs (C(OH)–C–C–N with tert-alkyl or cyclic N) is 1. The molecule has 1 aromatic heterocycles. The fraction of sp³-hybridized carbons (Fsp3) is 0.857. The quantitative estimate of drug-likeness (QED) is 0.802. The summed E-state index contributed by atoms with van der Waals surface area (Å²) in [5.74, 6) is 0. The second-order valence-corrected chi connectivity index (χ2v) is 6.26. The molecule has 1 aliphatic heterocycles. The van der Waals surface area contributed by atoms with Crippen molar-refractivity contribution < 1.29 is 23.0 Å². The van der Waals surface area contributed by atoms with E-state index in [-0.39, 0.29) is 12.6 Å². The van der Waals surface area contributed by atoms with Crippen molar-refractivity contribution in [3.05, 3.63) is 11.9 Å². The summed E-state index contributed by atoms with van der Waals surface area (Å²) >= 11 is 0. The molecule has 0 spiro atoms. The topological polar surface area (TPSA) is 63.4 Å². The lowest BCUT2D eigenvalue weighted by atomic mass is 9.90. The van der Waals surface area contributed by atoms with Crippen LogP contribution in [-0.4, -0.2) is 64.0 Å². The van der Waals surface area contributed by atoms with Gasteiger partial charge in [-0.15, -0.1) is 5.10 Å². The maximum absolute atomic E-state index is 12.0. The first-order valence-corrected chi connectivity index (χ1v) is 7.71. The average Bonchev–Trinajstić information content (AvgIpc) is 2.93. The van der Waals surface area contributed by atoms with Crippen molar-refractivity contribution in [2.45, 2.75) is 44.5 Å². The fourth-order valence-electron chi connectivity index (χ4n) is 2.65. The molecule has 0 aliphatic carbocycles. The van der Waals surface area contributed by atoms with E-state index in [0.717, 1.165) is 13.0 Å². The van der Waals surface area contributed by atoms with Crippen molar-refractivity contribution >= 4 is 0 Å². The highest BCUT2D eigenvalue weighted by Crippen LogP contribution is 2.30. The second-order valence-electron chi connectivity index (χ2n) is 6.26. The standard InChI is InChI=1S/C14H23F3N4O2/c1-11(2)21-8-12(18-19-21)13(22)4-3-5-20(9-13)6-7-23-10-14(15,16)17/h8,11,22H,3-7,9-10H2,1-2H3/t13-/m0/s1. The first-order valence-electron chi connectivity index (χ1n) is 7.71. The van der Waals surface area contributed by atoms with Crippen LogP contribution in [0.25, 0.3) is 0 Å². The zero-order valence-corrected chi connectivity index (χ0v) is 13.4. The SMILES string of the molecule is CC(C)n1cc([C@]2(O)CCCN(CCOCC(F)(F)F)C2)nn1. The van der Waals surface area contributed by atoms with E-state index >= 15 is 0 Å². The van der Waals surface area contributed by atoms with Crippen LogP contribution in [0, 0.1) is 0 Å². The summed E-state index contributed by atoms with van der Waals surface area (Å²) in [7, 11) is 0. The molecule has 23 heavy (non-hydrogen) atoms. The van der Waals surface area contributed by atoms with Crippen molar-refractivity contribution in [3.8, 4) is 0 Å². The molecule has 2 rings (SSSR count). The van der Waals surface area contributed by atoms with Gasteiger partial charge in [0.25, 0.3) is 0 Å². The normalized spacial score (nSPS) is 23.6. The Morgan fingerprint density at radius 2 is 2.17 bits per heavy atom. The van der Waals surface area contributed by atoms with Crippen LogP contribution in [-0.2, 0) is 10.3 Å². The van der Waals surface area contributed by atoms with Gasteiger partial charge in [-0.05, 0) is 33.2 Å². The van der Waals surface area contributed by atoms with Crippen molar-refractivity contribution in [1.29, 1.82) is 0 Å². The highest BCUT2D eigenvalue weighted by Gasteiger charge is 2.37. The lowest BCUT2D eigenvalue weighted by Gasteiger charge is -2.37. The molecule has 2 heterocycles. The Labute approximate surface area is 133 Å². The molecule has 1 N–H and O–H groups in total. The number of hydrogen-bond acceptors (Lipinski definition) is 5. The molecule has 1 fully saturated rings. The Morgan fingerprint density at radius 1 is 1.43 bits per heavy atom. The molecule has 0 aromatic carbocycles. The number of likely N-dealkylation sites (tertiary alicyclic amines) is 1. The predicted octanol–water partition coefficient (Wildman–Crippen LogP) is 1.72. The highest BCUT2D eigenvalue weighted by atomic mass is 19.4. The van der Waals surface area contributed by atoms with E-state index in [1.807, 2.05) is 18.7 Å². The molecule has 0 saturated carbocycles. The number of ether oxygens (including phenoxy) is 1. The number of hydrogen-bond donors (Lipinski definition) is 1. The summed E-state index contributed by atoms with van der Waals surface area (Å²) in [5, 5.41) is 18.9. The summed E-state index contributed by atoms with van der Waals surface area (Å²) < 4.78 is 42.4. The molecule has 0 unspecified atom stereocenters. The molecule has 6 nitrogen and oxygen atoms in total. The van der Waals surface area contributed by atoms with Gasteiger partial charge in [0, 0.05) is 19.1 Å². The van der Waals surface area contributed by atoms with E-state index in [2.05, 4.69) is 15.0 Å². The molecule has 0 bridgehead atoms. The number of aliphatic hydroxyl groups is 1. The van der Waals surface area contributed by atoms with Crippen molar-refractivity contribution in [2.24, 2.45) is 0 Å². The van der Waals surface area contributed by atoms with Gasteiger partial charge in [0.05, 0.1) is 12.8 Å². The smallest absolute Gasteiger partial charge is 0.382 e. The number of aromatic nitrogens is 3. The van der Waals surface area contributed by atoms with E-state index in [1.165, 1.54) is 0 Å². The largest absolute Gasteiger partial charge is 0.411 e. The first kappa shape index (κ1) is 18.2. The summed E-state index contributed by atoms with van der Waals surface area (Å²) in [5.41, 5.74) is -0.609. The monoisotopic (exact) mass is 336 g/mol. The van der Waals surface area contributed by atoms with Gasteiger partial charge in [0.15, 0.2) is 0 Å². The molecular weight excluding hydrogens is 313 g/mol. The minimum Gasteiger partial charge on any atom is -0.382 e. The molecular formula is C14H23F3N4O2. The summed E-state index contributed by atoms with van der Waals surface area (Å²) in [6.07, 6.45) is -1.28. The summed E-state index contributed by atoms with van der Waals surface area (Å²) in [6, 6.07) is 0.148.